The minimum absolute atomic E-state index is 0.165. The molecule has 4 heteroatoms. The molecule has 3 N–H and O–H groups in total. The van der Waals surface area contributed by atoms with Crippen molar-refractivity contribution < 1.29 is 0 Å². The van der Waals surface area contributed by atoms with E-state index in [1.807, 2.05) is 30.0 Å². The predicted molar refractivity (Wildman–Crippen MR) is 79.3 cm³/mol. The number of hydrogen-bond donors (Lipinski definition) is 2. The zero-order chi connectivity index (χ0) is 13.1. The van der Waals surface area contributed by atoms with Gasteiger partial charge in [0, 0.05) is 35.7 Å². The highest BCUT2D eigenvalue weighted by molar-refractivity contribution is 8.00. The van der Waals surface area contributed by atoms with E-state index in [0.29, 0.717) is 11.3 Å². The number of nitrogens with one attached hydrogen (secondary N) is 1. The molecule has 1 aromatic rings. The molecular formula is C14H21N3S. The van der Waals surface area contributed by atoms with Gasteiger partial charge in [-0.1, -0.05) is 31.2 Å². The van der Waals surface area contributed by atoms with Crippen LogP contribution in [0.2, 0.25) is 0 Å². The summed E-state index contributed by atoms with van der Waals surface area (Å²) < 4.78 is 0. The average Bonchev–Trinajstić information content (AvgIpc) is 2.35. The monoisotopic (exact) mass is 263 g/mol. The molecule has 98 valence electrons. The quantitative estimate of drug-likeness (QED) is 0.650. The average molecular weight is 263 g/mol. The van der Waals surface area contributed by atoms with Crippen LogP contribution in [0, 0.1) is 5.41 Å². The molecule has 18 heavy (non-hydrogen) atoms. The largest absolute Gasteiger partial charge is 0.384 e. The van der Waals surface area contributed by atoms with E-state index in [0.717, 1.165) is 24.2 Å². The number of nitrogens with two attached hydrogens (primary N) is 1. The fraction of sp³-hybridized carbons (Fsp3) is 0.500. The summed E-state index contributed by atoms with van der Waals surface area (Å²) in [4.78, 5) is 2.49. The van der Waals surface area contributed by atoms with Gasteiger partial charge in [0.05, 0.1) is 0 Å². The van der Waals surface area contributed by atoms with E-state index in [4.69, 9.17) is 11.1 Å². The van der Waals surface area contributed by atoms with E-state index < -0.39 is 0 Å². The SMILES string of the molecule is CC1SCCN(Cc2ccccc2C(=N)N)C1C. The zero-order valence-electron chi connectivity index (χ0n) is 11.0. The molecule has 0 saturated carbocycles. The third kappa shape index (κ3) is 2.87. The highest BCUT2D eigenvalue weighted by atomic mass is 32.2. The van der Waals surface area contributed by atoms with Gasteiger partial charge in [-0.2, -0.15) is 11.8 Å². The fourth-order valence-electron chi connectivity index (χ4n) is 2.36. The molecule has 1 aliphatic heterocycles. The fourth-order valence-corrected chi connectivity index (χ4v) is 3.52. The summed E-state index contributed by atoms with van der Waals surface area (Å²) in [6, 6.07) is 8.55. The van der Waals surface area contributed by atoms with Crippen molar-refractivity contribution in [2.75, 3.05) is 12.3 Å². The third-order valence-electron chi connectivity index (χ3n) is 3.70. The molecule has 0 aliphatic carbocycles. The van der Waals surface area contributed by atoms with Crippen LogP contribution in [0.15, 0.2) is 24.3 Å². The van der Waals surface area contributed by atoms with Crippen LogP contribution < -0.4 is 5.73 Å². The molecule has 1 saturated heterocycles. The molecule has 1 aliphatic rings. The van der Waals surface area contributed by atoms with E-state index in [9.17, 15) is 0 Å². The first-order valence-corrected chi connectivity index (χ1v) is 7.42. The second kappa shape index (κ2) is 5.76. The van der Waals surface area contributed by atoms with Gasteiger partial charge in [-0.05, 0) is 12.5 Å². The number of benzene rings is 1. The normalized spacial score (nSPS) is 25.0. The Morgan fingerprint density at radius 1 is 1.44 bits per heavy atom. The van der Waals surface area contributed by atoms with E-state index in [1.165, 1.54) is 5.75 Å². The van der Waals surface area contributed by atoms with E-state index in [-0.39, 0.29) is 5.84 Å². The Hall–Kier alpha value is -1.00. The van der Waals surface area contributed by atoms with Gasteiger partial charge in [0.2, 0.25) is 0 Å². The standard InChI is InChI=1S/C14H21N3S/c1-10-11(2)18-8-7-17(10)9-12-5-3-4-6-13(12)14(15)16/h3-6,10-11H,7-9H2,1-2H3,(H3,15,16). The Kier molecular flexibility index (Phi) is 4.30. The number of amidine groups is 1. The Morgan fingerprint density at radius 2 is 2.17 bits per heavy atom. The van der Waals surface area contributed by atoms with Gasteiger partial charge < -0.3 is 5.73 Å². The maximum absolute atomic E-state index is 7.64. The molecule has 0 aromatic heterocycles. The minimum atomic E-state index is 0.165. The third-order valence-corrected chi connectivity index (χ3v) is 5.03. The first kappa shape index (κ1) is 13.4. The van der Waals surface area contributed by atoms with E-state index in [2.05, 4.69) is 24.8 Å². The van der Waals surface area contributed by atoms with Crippen molar-refractivity contribution in [1.82, 2.24) is 4.90 Å². The molecule has 0 radical (unpaired) electrons. The molecule has 1 fully saturated rings. The maximum atomic E-state index is 7.64. The zero-order valence-corrected chi connectivity index (χ0v) is 11.8. The Labute approximate surface area is 113 Å². The van der Waals surface area contributed by atoms with Gasteiger partial charge in [0.1, 0.15) is 5.84 Å². The lowest BCUT2D eigenvalue weighted by atomic mass is 10.0. The predicted octanol–water partition coefficient (Wildman–Crippen LogP) is 2.30. The highest BCUT2D eigenvalue weighted by Gasteiger charge is 2.25. The van der Waals surface area contributed by atoms with Crippen molar-refractivity contribution in [3.63, 3.8) is 0 Å². The number of thioether (sulfide) groups is 1. The molecule has 0 amide bonds. The minimum Gasteiger partial charge on any atom is -0.384 e. The highest BCUT2D eigenvalue weighted by Crippen LogP contribution is 2.26. The van der Waals surface area contributed by atoms with Crippen molar-refractivity contribution >= 4 is 17.6 Å². The van der Waals surface area contributed by atoms with Crippen molar-refractivity contribution in [3.05, 3.63) is 35.4 Å². The van der Waals surface area contributed by atoms with Gasteiger partial charge in [-0.3, -0.25) is 10.3 Å². The summed E-state index contributed by atoms with van der Waals surface area (Å²) >= 11 is 2.04. The maximum Gasteiger partial charge on any atom is 0.123 e. The lowest BCUT2D eigenvalue weighted by molar-refractivity contribution is 0.204. The molecule has 0 spiro atoms. The number of rotatable bonds is 3. The Bertz CT molecular complexity index is 433. The second-order valence-corrected chi connectivity index (χ2v) is 6.34. The summed E-state index contributed by atoms with van der Waals surface area (Å²) in [5.74, 6) is 1.35. The van der Waals surface area contributed by atoms with Gasteiger partial charge in [-0.15, -0.1) is 0 Å². The van der Waals surface area contributed by atoms with Gasteiger partial charge in [0.25, 0.3) is 0 Å². The number of nitrogens with zero attached hydrogens (tertiary/aromatic N) is 1. The van der Waals surface area contributed by atoms with Crippen molar-refractivity contribution in [2.24, 2.45) is 5.73 Å². The van der Waals surface area contributed by atoms with E-state index >= 15 is 0 Å². The Morgan fingerprint density at radius 3 is 2.89 bits per heavy atom. The summed E-state index contributed by atoms with van der Waals surface area (Å²) in [5.41, 5.74) is 7.68. The number of nitrogen functional groups attached to an aromatic ring is 1. The van der Waals surface area contributed by atoms with Gasteiger partial charge in [-0.25, -0.2) is 0 Å². The molecule has 0 bridgehead atoms. The Balaban J connectivity index is 2.16. The van der Waals surface area contributed by atoms with Crippen molar-refractivity contribution in [1.29, 1.82) is 5.41 Å². The molecule has 1 heterocycles. The lowest BCUT2D eigenvalue weighted by Crippen LogP contribution is -2.44. The first-order valence-electron chi connectivity index (χ1n) is 6.37. The molecular weight excluding hydrogens is 242 g/mol. The summed E-state index contributed by atoms with van der Waals surface area (Å²) in [5, 5.41) is 8.31. The lowest BCUT2D eigenvalue weighted by Gasteiger charge is -2.37. The first-order chi connectivity index (χ1) is 8.59. The molecule has 2 unspecified atom stereocenters. The van der Waals surface area contributed by atoms with Crippen molar-refractivity contribution in [3.8, 4) is 0 Å². The van der Waals surface area contributed by atoms with Gasteiger partial charge >= 0.3 is 0 Å². The van der Waals surface area contributed by atoms with Gasteiger partial charge in [0.15, 0.2) is 0 Å². The van der Waals surface area contributed by atoms with Crippen molar-refractivity contribution in [2.45, 2.75) is 31.7 Å². The second-order valence-electron chi connectivity index (χ2n) is 4.86. The van der Waals surface area contributed by atoms with E-state index in [1.54, 1.807) is 0 Å². The summed E-state index contributed by atoms with van der Waals surface area (Å²) in [6.07, 6.45) is 0. The number of hydrogen-bond acceptors (Lipinski definition) is 3. The van der Waals surface area contributed by atoms with Crippen LogP contribution in [0.1, 0.15) is 25.0 Å². The van der Waals surface area contributed by atoms with Crippen LogP contribution in [0.4, 0.5) is 0 Å². The van der Waals surface area contributed by atoms with Crippen LogP contribution in [0.25, 0.3) is 0 Å². The summed E-state index contributed by atoms with van der Waals surface area (Å²) in [6.45, 7) is 6.58. The van der Waals surface area contributed by atoms with Crippen LogP contribution in [-0.4, -0.2) is 34.3 Å². The molecule has 3 nitrogen and oxygen atoms in total. The molecule has 2 rings (SSSR count). The molecule has 2 atom stereocenters. The van der Waals surface area contributed by atoms with Crippen LogP contribution in [0.3, 0.4) is 0 Å². The molecule has 1 aromatic carbocycles. The smallest absolute Gasteiger partial charge is 0.123 e. The van der Waals surface area contributed by atoms with Crippen LogP contribution in [0.5, 0.6) is 0 Å². The summed E-state index contributed by atoms with van der Waals surface area (Å²) in [7, 11) is 0. The van der Waals surface area contributed by atoms with Crippen LogP contribution in [-0.2, 0) is 6.54 Å². The van der Waals surface area contributed by atoms with Crippen LogP contribution >= 0.6 is 11.8 Å². The topological polar surface area (TPSA) is 53.1 Å².